The summed E-state index contributed by atoms with van der Waals surface area (Å²) in [5.74, 6) is 6.03. The fourth-order valence-corrected chi connectivity index (χ4v) is 10.4. The van der Waals surface area contributed by atoms with Crippen molar-refractivity contribution in [1.29, 1.82) is 0 Å². The summed E-state index contributed by atoms with van der Waals surface area (Å²) < 4.78 is 12.7. The molecule has 0 aromatic heterocycles. The highest BCUT2D eigenvalue weighted by atomic mass is 32.2. The first-order valence-electron chi connectivity index (χ1n) is 13.9. The first-order chi connectivity index (χ1) is 15.2. The van der Waals surface area contributed by atoms with E-state index in [2.05, 4.69) is 47.3 Å². The molecule has 1 nitrogen and oxygen atoms in total. The Bertz CT molecular complexity index is 737. The van der Waals surface area contributed by atoms with Gasteiger partial charge in [-0.25, -0.2) is 0 Å². The summed E-state index contributed by atoms with van der Waals surface area (Å²) in [5.41, 5.74) is 2.62. The smallest absolute Gasteiger partial charge is 0.0415 e. The van der Waals surface area contributed by atoms with Crippen LogP contribution in [0.1, 0.15) is 105 Å². The molecule has 0 amide bonds. The summed E-state index contributed by atoms with van der Waals surface area (Å²) in [4.78, 5) is 0. The summed E-state index contributed by atoms with van der Waals surface area (Å²) in [6, 6.07) is 0. The van der Waals surface area contributed by atoms with Gasteiger partial charge in [0.25, 0.3) is 0 Å². The average molecular weight is 459 g/mol. The van der Waals surface area contributed by atoms with Gasteiger partial charge in [-0.3, -0.25) is 4.21 Å². The maximum Gasteiger partial charge on any atom is 0.0415 e. The second-order valence-electron chi connectivity index (χ2n) is 13.0. The van der Waals surface area contributed by atoms with Gasteiger partial charge in [0.2, 0.25) is 0 Å². The van der Waals surface area contributed by atoms with Crippen molar-refractivity contribution in [2.75, 3.05) is 5.75 Å². The van der Waals surface area contributed by atoms with Crippen molar-refractivity contribution in [1.82, 2.24) is 0 Å². The first-order valence-corrected chi connectivity index (χ1v) is 15.3. The van der Waals surface area contributed by atoms with Gasteiger partial charge in [-0.05, 0) is 97.7 Å². The van der Waals surface area contributed by atoms with E-state index in [9.17, 15) is 4.21 Å². The Morgan fingerprint density at radius 2 is 1.88 bits per heavy atom. The summed E-state index contributed by atoms with van der Waals surface area (Å²) in [5, 5.41) is 0.361. The van der Waals surface area contributed by atoms with Crippen LogP contribution in [0.5, 0.6) is 0 Å². The summed E-state index contributed by atoms with van der Waals surface area (Å²) in [6.07, 6.45) is 19.3. The second-order valence-corrected chi connectivity index (χ2v) is 14.8. The summed E-state index contributed by atoms with van der Waals surface area (Å²) in [6.45, 7) is 16.4. The molecule has 0 aliphatic heterocycles. The van der Waals surface area contributed by atoms with Gasteiger partial charge in [0.15, 0.2) is 0 Å². The molecule has 3 fully saturated rings. The Morgan fingerprint density at radius 3 is 2.59 bits per heavy atom. The lowest BCUT2D eigenvalue weighted by molar-refractivity contribution is -0.0498. The molecule has 182 valence electrons. The third-order valence-corrected chi connectivity index (χ3v) is 12.6. The van der Waals surface area contributed by atoms with E-state index in [1.54, 1.807) is 5.57 Å². The molecule has 4 rings (SSSR count). The van der Waals surface area contributed by atoms with E-state index in [0.29, 0.717) is 21.8 Å². The van der Waals surface area contributed by atoms with Gasteiger partial charge in [0.1, 0.15) is 0 Å². The minimum Gasteiger partial charge on any atom is -0.259 e. The van der Waals surface area contributed by atoms with E-state index in [4.69, 9.17) is 0 Å². The van der Waals surface area contributed by atoms with E-state index in [-0.39, 0.29) is 0 Å². The quantitative estimate of drug-likeness (QED) is 0.334. The van der Waals surface area contributed by atoms with Crippen LogP contribution in [0.15, 0.2) is 24.3 Å². The van der Waals surface area contributed by atoms with Crippen LogP contribution >= 0.6 is 0 Å². The monoisotopic (exact) mass is 458 g/mol. The largest absolute Gasteiger partial charge is 0.259 e. The maximum absolute atomic E-state index is 12.7. The van der Waals surface area contributed by atoms with Crippen molar-refractivity contribution >= 4 is 10.8 Å². The SMILES string of the molecule is C=CCS(=O)C1CC[C@@]2(C)C(=CCC3C2CC[C@@]2(C)C3CC[C@@H]2[C@H](C)CCCC(C)C)C1. The number of hydrogen-bond acceptors (Lipinski definition) is 1. The predicted octanol–water partition coefficient (Wildman–Crippen LogP) is 8.33. The lowest BCUT2D eigenvalue weighted by Crippen LogP contribution is -2.51. The predicted molar refractivity (Wildman–Crippen MR) is 140 cm³/mol. The van der Waals surface area contributed by atoms with E-state index >= 15 is 0 Å². The van der Waals surface area contributed by atoms with Crippen LogP contribution in [-0.4, -0.2) is 15.2 Å². The molecule has 32 heavy (non-hydrogen) atoms. The van der Waals surface area contributed by atoms with Crippen molar-refractivity contribution in [3.05, 3.63) is 24.3 Å². The van der Waals surface area contributed by atoms with Crippen LogP contribution in [0.25, 0.3) is 0 Å². The molecule has 0 bridgehead atoms. The van der Waals surface area contributed by atoms with Crippen molar-refractivity contribution < 1.29 is 4.21 Å². The van der Waals surface area contributed by atoms with E-state index < -0.39 is 10.8 Å². The lowest BCUT2D eigenvalue weighted by Gasteiger charge is -2.58. The molecular formula is C30H50OS. The highest BCUT2D eigenvalue weighted by molar-refractivity contribution is 7.85. The van der Waals surface area contributed by atoms with Gasteiger partial charge in [0, 0.05) is 21.8 Å². The number of fused-ring (bicyclic) bond motifs is 5. The van der Waals surface area contributed by atoms with Gasteiger partial charge in [-0.2, -0.15) is 0 Å². The van der Waals surface area contributed by atoms with Crippen LogP contribution in [0.3, 0.4) is 0 Å². The fourth-order valence-electron chi connectivity index (χ4n) is 9.13. The lowest BCUT2D eigenvalue weighted by atomic mass is 9.47. The molecule has 5 unspecified atom stereocenters. The van der Waals surface area contributed by atoms with Crippen molar-refractivity contribution in [3.8, 4) is 0 Å². The van der Waals surface area contributed by atoms with Crippen molar-refractivity contribution in [2.24, 2.45) is 46.3 Å². The molecule has 0 aromatic rings. The molecule has 0 spiro atoms. The number of allylic oxidation sites excluding steroid dienone is 2. The Kier molecular flexibility index (Phi) is 7.51. The molecule has 0 N–H and O–H groups in total. The van der Waals surface area contributed by atoms with Crippen LogP contribution in [-0.2, 0) is 10.8 Å². The van der Waals surface area contributed by atoms with Gasteiger partial charge in [-0.15, -0.1) is 6.58 Å². The zero-order valence-electron chi connectivity index (χ0n) is 21.7. The Labute approximate surface area is 201 Å². The molecule has 0 aromatic carbocycles. The maximum atomic E-state index is 12.7. The molecule has 3 saturated carbocycles. The van der Waals surface area contributed by atoms with Crippen LogP contribution in [0.4, 0.5) is 0 Å². The van der Waals surface area contributed by atoms with Gasteiger partial charge in [-0.1, -0.05) is 71.6 Å². The topological polar surface area (TPSA) is 17.1 Å². The van der Waals surface area contributed by atoms with Gasteiger partial charge in [0.05, 0.1) is 0 Å². The summed E-state index contributed by atoms with van der Waals surface area (Å²) in [7, 11) is -0.736. The molecule has 0 saturated heterocycles. The van der Waals surface area contributed by atoms with E-state index in [1.807, 2.05) is 6.08 Å². The average Bonchev–Trinajstić information content (AvgIpc) is 3.10. The first kappa shape index (κ1) is 24.7. The molecular weight excluding hydrogens is 408 g/mol. The normalized spacial score (nSPS) is 43.1. The standard InChI is InChI=1S/C30H50OS/c1-7-19-32(31)24-15-17-29(5)23(20-24)11-12-25-27-14-13-26(22(4)10-8-9-21(2)3)30(27,6)18-16-28(25)29/h7,11,21-22,24-28H,1,8-10,12-20H2,2-6H3/t22-,24?,25?,26-,27?,28?,29+,30-,32?/m1/s1. The molecule has 4 aliphatic rings. The Hall–Kier alpha value is -0.370. The van der Waals surface area contributed by atoms with Crippen LogP contribution < -0.4 is 0 Å². The number of rotatable bonds is 8. The van der Waals surface area contributed by atoms with Crippen molar-refractivity contribution in [3.63, 3.8) is 0 Å². The third kappa shape index (κ3) is 4.36. The Morgan fingerprint density at radius 1 is 1.09 bits per heavy atom. The highest BCUT2D eigenvalue weighted by Crippen LogP contribution is 2.67. The zero-order valence-corrected chi connectivity index (χ0v) is 22.5. The molecule has 4 aliphatic carbocycles. The highest BCUT2D eigenvalue weighted by Gasteiger charge is 2.59. The van der Waals surface area contributed by atoms with Crippen molar-refractivity contribution in [2.45, 2.75) is 110 Å². The minimum absolute atomic E-state index is 0.361. The zero-order chi connectivity index (χ0) is 23.1. The van der Waals surface area contributed by atoms with Crippen LogP contribution in [0.2, 0.25) is 0 Å². The molecule has 0 heterocycles. The third-order valence-electron chi connectivity index (χ3n) is 10.9. The Balaban J connectivity index is 1.47. The molecule has 2 heteroatoms. The van der Waals surface area contributed by atoms with Crippen LogP contribution in [0, 0.1) is 46.3 Å². The van der Waals surface area contributed by atoms with Gasteiger partial charge < -0.3 is 0 Å². The van der Waals surface area contributed by atoms with E-state index in [0.717, 1.165) is 48.3 Å². The second kappa shape index (κ2) is 9.71. The summed E-state index contributed by atoms with van der Waals surface area (Å²) >= 11 is 0. The van der Waals surface area contributed by atoms with Gasteiger partial charge >= 0.3 is 0 Å². The fraction of sp³-hybridized carbons (Fsp3) is 0.867. The minimum atomic E-state index is -0.736. The molecule has 9 atom stereocenters. The van der Waals surface area contributed by atoms with E-state index in [1.165, 1.54) is 57.8 Å². The number of hydrogen-bond donors (Lipinski definition) is 0. The molecule has 0 radical (unpaired) electrons.